The van der Waals surface area contributed by atoms with Crippen molar-refractivity contribution in [2.24, 2.45) is 5.73 Å². The molecule has 0 heterocycles. The standard InChI is InChI=1S/C17H20FNO2/c1-11-4-7-16(20-3)13(8-11)10-21-17-9-14(18)5-6-15(17)12(2)19/h4-9,12H,10,19H2,1-3H3/t12-/m0/s1. The fourth-order valence-electron chi connectivity index (χ4n) is 2.19. The third-order valence-electron chi connectivity index (χ3n) is 3.29. The summed E-state index contributed by atoms with van der Waals surface area (Å²) in [5.41, 5.74) is 8.69. The maximum Gasteiger partial charge on any atom is 0.127 e. The van der Waals surface area contributed by atoms with Crippen LogP contribution in [0.3, 0.4) is 0 Å². The van der Waals surface area contributed by atoms with Crippen molar-refractivity contribution in [3.8, 4) is 11.5 Å². The highest BCUT2D eigenvalue weighted by molar-refractivity contribution is 5.39. The lowest BCUT2D eigenvalue weighted by atomic mass is 10.1. The molecule has 0 aromatic heterocycles. The molecule has 0 saturated carbocycles. The van der Waals surface area contributed by atoms with E-state index in [4.69, 9.17) is 15.2 Å². The Morgan fingerprint density at radius 3 is 2.57 bits per heavy atom. The highest BCUT2D eigenvalue weighted by Gasteiger charge is 2.11. The van der Waals surface area contributed by atoms with E-state index in [1.807, 2.05) is 32.0 Å². The van der Waals surface area contributed by atoms with Crippen LogP contribution < -0.4 is 15.2 Å². The van der Waals surface area contributed by atoms with E-state index in [2.05, 4.69) is 0 Å². The molecule has 0 aliphatic heterocycles. The molecular formula is C17H20FNO2. The van der Waals surface area contributed by atoms with E-state index in [0.29, 0.717) is 12.4 Å². The van der Waals surface area contributed by atoms with E-state index in [1.165, 1.54) is 12.1 Å². The second-order valence-electron chi connectivity index (χ2n) is 5.07. The Balaban J connectivity index is 2.24. The normalized spacial score (nSPS) is 12.0. The Labute approximate surface area is 124 Å². The van der Waals surface area contributed by atoms with Crippen molar-refractivity contribution >= 4 is 0 Å². The first-order valence-electron chi connectivity index (χ1n) is 6.82. The van der Waals surface area contributed by atoms with Crippen molar-refractivity contribution in [2.75, 3.05) is 7.11 Å². The van der Waals surface area contributed by atoms with E-state index >= 15 is 0 Å². The minimum atomic E-state index is -0.342. The molecule has 112 valence electrons. The summed E-state index contributed by atoms with van der Waals surface area (Å²) in [7, 11) is 1.61. The van der Waals surface area contributed by atoms with Gasteiger partial charge in [-0.3, -0.25) is 0 Å². The Hall–Kier alpha value is -2.07. The van der Waals surface area contributed by atoms with Gasteiger partial charge in [0, 0.05) is 23.2 Å². The zero-order valence-corrected chi connectivity index (χ0v) is 12.5. The molecule has 0 saturated heterocycles. The Bertz CT molecular complexity index is 626. The third kappa shape index (κ3) is 3.73. The van der Waals surface area contributed by atoms with Crippen LogP contribution in [0.25, 0.3) is 0 Å². The van der Waals surface area contributed by atoms with Crippen LogP contribution in [0.2, 0.25) is 0 Å². The van der Waals surface area contributed by atoms with Gasteiger partial charge in [0.1, 0.15) is 23.9 Å². The number of hydrogen-bond acceptors (Lipinski definition) is 3. The topological polar surface area (TPSA) is 44.5 Å². The molecule has 0 aliphatic carbocycles. The fourth-order valence-corrected chi connectivity index (χ4v) is 2.19. The lowest BCUT2D eigenvalue weighted by molar-refractivity contribution is 0.291. The van der Waals surface area contributed by atoms with E-state index in [0.717, 1.165) is 22.4 Å². The number of aryl methyl sites for hydroxylation is 1. The average molecular weight is 289 g/mol. The molecule has 0 unspecified atom stereocenters. The van der Waals surface area contributed by atoms with Crippen LogP contribution >= 0.6 is 0 Å². The first-order chi connectivity index (χ1) is 10.0. The van der Waals surface area contributed by atoms with E-state index in [1.54, 1.807) is 13.2 Å². The predicted molar refractivity (Wildman–Crippen MR) is 81.1 cm³/mol. The SMILES string of the molecule is COc1ccc(C)cc1COc1cc(F)ccc1[C@H](C)N. The minimum Gasteiger partial charge on any atom is -0.496 e. The summed E-state index contributed by atoms with van der Waals surface area (Å²) in [5, 5.41) is 0. The van der Waals surface area contributed by atoms with E-state index < -0.39 is 0 Å². The van der Waals surface area contributed by atoms with Crippen molar-refractivity contribution in [1.29, 1.82) is 0 Å². The van der Waals surface area contributed by atoms with Crippen LogP contribution in [0.15, 0.2) is 36.4 Å². The second-order valence-corrected chi connectivity index (χ2v) is 5.07. The summed E-state index contributed by atoms with van der Waals surface area (Å²) in [6.45, 7) is 4.14. The molecule has 2 aromatic rings. The minimum absolute atomic E-state index is 0.222. The number of nitrogens with two attached hydrogens (primary N) is 1. The van der Waals surface area contributed by atoms with Crippen molar-refractivity contribution in [3.63, 3.8) is 0 Å². The molecule has 0 bridgehead atoms. The summed E-state index contributed by atoms with van der Waals surface area (Å²) in [4.78, 5) is 0. The number of ether oxygens (including phenoxy) is 2. The van der Waals surface area contributed by atoms with Crippen LogP contribution in [0.4, 0.5) is 4.39 Å². The van der Waals surface area contributed by atoms with Crippen molar-refractivity contribution in [1.82, 2.24) is 0 Å². The van der Waals surface area contributed by atoms with Crippen molar-refractivity contribution in [2.45, 2.75) is 26.5 Å². The quantitative estimate of drug-likeness (QED) is 0.912. The van der Waals surface area contributed by atoms with Gasteiger partial charge < -0.3 is 15.2 Å². The number of hydrogen-bond donors (Lipinski definition) is 1. The maximum absolute atomic E-state index is 13.4. The van der Waals surface area contributed by atoms with Gasteiger partial charge in [-0.2, -0.15) is 0 Å². The smallest absolute Gasteiger partial charge is 0.127 e. The second kappa shape index (κ2) is 6.59. The largest absolute Gasteiger partial charge is 0.496 e. The van der Waals surface area contributed by atoms with Crippen LogP contribution in [0.1, 0.15) is 29.7 Å². The average Bonchev–Trinajstić information content (AvgIpc) is 2.45. The zero-order chi connectivity index (χ0) is 15.4. The molecule has 0 aliphatic rings. The molecule has 0 spiro atoms. The molecule has 2 aromatic carbocycles. The molecule has 4 heteroatoms. The van der Waals surface area contributed by atoms with Crippen molar-refractivity contribution < 1.29 is 13.9 Å². The number of halogens is 1. The van der Waals surface area contributed by atoms with E-state index in [9.17, 15) is 4.39 Å². The summed E-state index contributed by atoms with van der Waals surface area (Å²) in [5.74, 6) is 0.874. The van der Waals surface area contributed by atoms with Crippen LogP contribution in [-0.2, 0) is 6.61 Å². The summed E-state index contributed by atoms with van der Waals surface area (Å²) >= 11 is 0. The third-order valence-corrected chi connectivity index (χ3v) is 3.29. The highest BCUT2D eigenvalue weighted by atomic mass is 19.1. The first kappa shape index (κ1) is 15.3. The van der Waals surface area contributed by atoms with Gasteiger partial charge in [-0.15, -0.1) is 0 Å². The van der Waals surface area contributed by atoms with Gasteiger partial charge in [0.15, 0.2) is 0 Å². The van der Waals surface area contributed by atoms with Crippen molar-refractivity contribution in [3.05, 3.63) is 58.9 Å². The summed E-state index contributed by atoms with van der Waals surface area (Å²) in [6, 6.07) is 10.0. The summed E-state index contributed by atoms with van der Waals surface area (Å²) in [6.07, 6.45) is 0. The number of rotatable bonds is 5. The zero-order valence-electron chi connectivity index (χ0n) is 12.5. The van der Waals surface area contributed by atoms with Gasteiger partial charge in [0.05, 0.1) is 7.11 Å². The molecule has 2 N–H and O–H groups in total. The van der Waals surface area contributed by atoms with Crippen LogP contribution in [0, 0.1) is 12.7 Å². The van der Waals surface area contributed by atoms with Gasteiger partial charge in [-0.1, -0.05) is 17.7 Å². The molecule has 2 rings (SSSR count). The highest BCUT2D eigenvalue weighted by Crippen LogP contribution is 2.27. The number of methoxy groups -OCH3 is 1. The van der Waals surface area contributed by atoms with Crippen LogP contribution in [0.5, 0.6) is 11.5 Å². The van der Waals surface area contributed by atoms with Gasteiger partial charge >= 0.3 is 0 Å². The monoisotopic (exact) mass is 289 g/mol. The Kier molecular flexibility index (Phi) is 4.81. The molecule has 0 radical (unpaired) electrons. The van der Waals surface area contributed by atoms with E-state index in [-0.39, 0.29) is 11.9 Å². The predicted octanol–water partition coefficient (Wildman–Crippen LogP) is 3.74. The lowest BCUT2D eigenvalue weighted by Crippen LogP contribution is -2.09. The molecule has 3 nitrogen and oxygen atoms in total. The van der Waals surface area contributed by atoms with Gasteiger partial charge in [-0.25, -0.2) is 4.39 Å². The number of benzene rings is 2. The molecular weight excluding hydrogens is 269 g/mol. The fraction of sp³-hybridized carbons (Fsp3) is 0.294. The summed E-state index contributed by atoms with van der Waals surface area (Å²) < 4.78 is 24.5. The van der Waals surface area contributed by atoms with Gasteiger partial charge in [-0.05, 0) is 32.0 Å². The molecule has 0 amide bonds. The van der Waals surface area contributed by atoms with Gasteiger partial charge in [0.25, 0.3) is 0 Å². The van der Waals surface area contributed by atoms with Gasteiger partial charge in [0.2, 0.25) is 0 Å². The first-order valence-corrected chi connectivity index (χ1v) is 6.82. The molecule has 21 heavy (non-hydrogen) atoms. The Morgan fingerprint density at radius 2 is 1.90 bits per heavy atom. The maximum atomic E-state index is 13.4. The molecule has 1 atom stereocenters. The Morgan fingerprint density at radius 1 is 1.14 bits per heavy atom. The van der Waals surface area contributed by atoms with Crippen LogP contribution in [-0.4, -0.2) is 7.11 Å². The molecule has 0 fully saturated rings. The lowest BCUT2D eigenvalue weighted by Gasteiger charge is -2.15.